The van der Waals surface area contributed by atoms with Gasteiger partial charge in [0.1, 0.15) is 6.54 Å². The molecule has 0 aromatic heterocycles. The zero-order valence-electron chi connectivity index (χ0n) is 15.9. The molecule has 0 aliphatic rings. The second kappa shape index (κ2) is 9.96. The first-order valence-electron chi connectivity index (χ1n) is 8.65. The number of likely N-dealkylation sites (N-methyl/N-ethyl adjacent to an activating group) is 1. The van der Waals surface area contributed by atoms with Crippen molar-refractivity contribution in [2.75, 3.05) is 27.2 Å². The number of nitrogens with zero attached hydrogens (tertiary/aromatic N) is 2. The van der Waals surface area contributed by atoms with Crippen LogP contribution in [0.25, 0.3) is 0 Å². The van der Waals surface area contributed by atoms with Gasteiger partial charge in [-0.25, -0.2) is 4.99 Å². The van der Waals surface area contributed by atoms with Gasteiger partial charge in [0.05, 0.1) is 0 Å². The Balaban J connectivity index is 2.67. The molecule has 5 nitrogen and oxygen atoms in total. The van der Waals surface area contributed by atoms with Crippen LogP contribution in [-0.2, 0) is 11.2 Å². The second-order valence-corrected chi connectivity index (χ2v) is 6.45. The summed E-state index contributed by atoms with van der Waals surface area (Å²) in [4.78, 5) is 17.7. The van der Waals surface area contributed by atoms with Gasteiger partial charge in [-0.1, -0.05) is 25.1 Å². The highest BCUT2D eigenvalue weighted by atomic mass is 16.2. The zero-order chi connectivity index (χ0) is 18.1. The van der Waals surface area contributed by atoms with Crippen LogP contribution in [0.4, 0.5) is 0 Å². The number of hydrogen-bond donors (Lipinski definition) is 2. The lowest BCUT2D eigenvalue weighted by atomic mass is 10.0. The van der Waals surface area contributed by atoms with Gasteiger partial charge in [0.15, 0.2) is 5.96 Å². The maximum atomic E-state index is 11.8. The summed E-state index contributed by atoms with van der Waals surface area (Å²) in [6.45, 7) is 9.45. The molecule has 0 saturated heterocycles. The van der Waals surface area contributed by atoms with Crippen LogP contribution in [0.2, 0.25) is 0 Å². The van der Waals surface area contributed by atoms with E-state index >= 15 is 0 Å². The molecule has 1 atom stereocenters. The first-order valence-corrected chi connectivity index (χ1v) is 8.65. The number of rotatable bonds is 7. The van der Waals surface area contributed by atoms with Crippen LogP contribution in [0.15, 0.2) is 23.2 Å². The van der Waals surface area contributed by atoms with Crippen LogP contribution in [-0.4, -0.2) is 50.0 Å². The van der Waals surface area contributed by atoms with E-state index < -0.39 is 0 Å². The van der Waals surface area contributed by atoms with E-state index in [4.69, 9.17) is 0 Å². The van der Waals surface area contributed by atoms with Gasteiger partial charge < -0.3 is 15.5 Å². The largest absolute Gasteiger partial charge is 0.356 e. The van der Waals surface area contributed by atoms with E-state index in [9.17, 15) is 4.79 Å². The van der Waals surface area contributed by atoms with Gasteiger partial charge in [-0.05, 0) is 50.3 Å². The second-order valence-electron chi connectivity index (χ2n) is 6.45. The molecule has 0 fully saturated rings. The summed E-state index contributed by atoms with van der Waals surface area (Å²) in [5, 5.41) is 6.69. The van der Waals surface area contributed by atoms with Gasteiger partial charge in [-0.15, -0.1) is 0 Å². The summed E-state index contributed by atoms with van der Waals surface area (Å²) in [7, 11) is 3.49. The third-order valence-electron chi connectivity index (χ3n) is 4.18. The van der Waals surface area contributed by atoms with E-state index in [1.807, 2.05) is 0 Å². The Morgan fingerprint density at radius 2 is 1.88 bits per heavy atom. The number of aliphatic imine (C=N–C) groups is 1. The van der Waals surface area contributed by atoms with Gasteiger partial charge in [-0.3, -0.25) is 4.79 Å². The fourth-order valence-corrected chi connectivity index (χ4v) is 2.33. The summed E-state index contributed by atoms with van der Waals surface area (Å²) in [5.41, 5.74) is 4.00. The summed E-state index contributed by atoms with van der Waals surface area (Å²) in [6, 6.07) is 6.69. The maximum absolute atomic E-state index is 11.8. The minimum atomic E-state index is -0.00463. The number of hydrogen-bond acceptors (Lipinski definition) is 2. The first-order chi connectivity index (χ1) is 11.3. The van der Waals surface area contributed by atoms with E-state index in [2.05, 4.69) is 61.5 Å². The summed E-state index contributed by atoms with van der Waals surface area (Å²) >= 11 is 0. The molecule has 1 rings (SSSR count). The molecule has 5 heteroatoms. The lowest BCUT2D eigenvalue weighted by Gasteiger charge is -2.18. The van der Waals surface area contributed by atoms with Gasteiger partial charge in [0.2, 0.25) is 5.91 Å². The SMILES string of the molecule is CCC(C)NC(=NCC(=O)N(C)C)NCCc1c(C)cccc1C. The Bertz CT molecular complexity index is 546. The lowest BCUT2D eigenvalue weighted by molar-refractivity contribution is -0.127. The Kier molecular flexibility index (Phi) is 8.30. The van der Waals surface area contributed by atoms with Crippen LogP contribution in [0.1, 0.15) is 37.0 Å². The smallest absolute Gasteiger partial charge is 0.243 e. The third kappa shape index (κ3) is 6.60. The minimum Gasteiger partial charge on any atom is -0.356 e. The molecule has 1 unspecified atom stereocenters. The Labute approximate surface area is 146 Å². The molecule has 134 valence electrons. The quantitative estimate of drug-likeness (QED) is 0.595. The van der Waals surface area contributed by atoms with E-state index in [-0.39, 0.29) is 12.5 Å². The lowest BCUT2D eigenvalue weighted by Crippen LogP contribution is -2.43. The number of amides is 1. The van der Waals surface area contributed by atoms with Crippen molar-refractivity contribution in [2.45, 2.75) is 46.6 Å². The zero-order valence-corrected chi connectivity index (χ0v) is 15.9. The third-order valence-corrected chi connectivity index (χ3v) is 4.18. The van der Waals surface area contributed by atoms with Crippen molar-refractivity contribution in [2.24, 2.45) is 4.99 Å². The van der Waals surface area contributed by atoms with Crippen LogP contribution in [0.5, 0.6) is 0 Å². The molecule has 24 heavy (non-hydrogen) atoms. The topological polar surface area (TPSA) is 56.7 Å². The molecule has 0 saturated carbocycles. The average molecular weight is 332 g/mol. The van der Waals surface area contributed by atoms with Gasteiger partial charge in [0.25, 0.3) is 0 Å². The van der Waals surface area contributed by atoms with E-state index in [0.29, 0.717) is 12.0 Å². The molecule has 1 aromatic carbocycles. The van der Waals surface area contributed by atoms with Crippen LogP contribution >= 0.6 is 0 Å². The van der Waals surface area contributed by atoms with Crippen molar-refractivity contribution in [3.05, 3.63) is 34.9 Å². The minimum absolute atomic E-state index is 0.00463. The van der Waals surface area contributed by atoms with E-state index in [0.717, 1.165) is 19.4 Å². The Morgan fingerprint density at radius 3 is 2.42 bits per heavy atom. The molecule has 0 spiro atoms. The summed E-state index contributed by atoms with van der Waals surface area (Å²) in [6.07, 6.45) is 1.93. The fourth-order valence-electron chi connectivity index (χ4n) is 2.33. The molecule has 1 aromatic rings. The monoisotopic (exact) mass is 332 g/mol. The summed E-state index contributed by atoms with van der Waals surface area (Å²) < 4.78 is 0. The normalized spacial score (nSPS) is 12.7. The Hall–Kier alpha value is -2.04. The number of nitrogens with one attached hydrogen (secondary N) is 2. The highest BCUT2D eigenvalue weighted by Gasteiger charge is 2.08. The molecule has 0 aliphatic carbocycles. The Morgan fingerprint density at radius 1 is 1.25 bits per heavy atom. The van der Waals surface area contributed by atoms with Crippen LogP contribution in [0, 0.1) is 13.8 Å². The van der Waals surface area contributed by atoms with Gasteiger partial charge >= 0.3 is 0 Å². The first kappa shape index (κ1) is 20.0. The van der Waals surface area contributed by atoms with E-state index in [1.54, 1.807) is 19.0 Å². The average Bonchev–Trinajstić information content (AvgIpc) is 2.54. The molecule has 0 aliphatic heterocycles. The molecule has 0 heterocycles. The number of benzene rings is 1. The highest BCUT2D eigenvalue weighted by Crippen LogP contribution is 2.13. The van der Waals surface area contributed by atoms with Crippen molar-refractivity contribution in [1.82, 2.24) is 15.5 Å². The van der Waals surface area contributed by atoms with Gasteiger partial charge in [0, 0.05) is 26.7 Å². The van der Waals surface area contributed by atoms with E-state index in [1.165, 1.54) is 16.7 Å². The molecular weight excluding hydrogens is 300 g/mol. The highest BCUT2D eigenvalue weighted by molar-refractivity contribution is 5.84. The van der Waals surface area contributed by atoms with Crippen LogP contribution < -0.4 is 10.6 Å². The molecule has 0 radical (unpaired) electrons. The standard InChI is InChI=1S/C19H32N4O/c1-7-16(4)22-19(21-13-18(24)23(5)6)20-12-11-17-14(2)9-8-10-15(17)3/h8-10,16H,7,11-13H2,1-6H3,(H2,20,21,22). The van der Waals surface area contributed by atoms with Crippen molar-refractivity contribution in [1.29, 1.82) is 0 Å². The number of aryl methyl sites for hydroxylation is 2. The molecular formula is C19H32N4O. The number of guanidine groups is 1. The maximum Gasteiger partial charge on any atom is 0.243 e. The predicted molar refractivity (Wildman–Crippen MR) is 102 cm³/mol. The van der Waals surface area contributed by atoms with Crippen LogP contribution in [0.3, 0.4) is 0 Å². The molecule has 1 amide bonds. The molecule has 2 N–H and O–H groups in total. The van der Waals surface area contributed by atoms with Crippen molar-refractivity contribution < 1.29 is 4.79 Å². The van der Waals surface area contributed by atoms with Crippen molar-refractivity contribution in [3.8, 4) is 0 Å². The molecule has 0 bridgehead atoms. The van der Waals surface area contributed by atoms with Crippen molar-refractivity contribution >= 4 is 11.9 Å². The van der Waals surface area contributed by atoms with Gasteiger partial charge in [-0.2, -0.15) is 0 Å². The van der Waals surface area contributed by atoms with Crippen molar-refractivity contribution in [3.63, 3.8) is 0 Å². The fraction of sp³-hybridized carbons (Fsp3) is 0.579. The number of carbonyl (C=O) groups excluding carboxylic acids is 1. The predicted octanol–water partition coefficient (Wildman–Crippen LogP) is 2.27. The number of carbonyl (C=O) groups is 1. The summed E-state index contributed by atoms with van der Waals surface area (Å²) in [5.74, 6) is 0.695.